The fourth-order valence-corrected chi connectivity index (χ4v) is 3.92. The van der Waals surface area contributed by atoms with Crippen LogP contribution in [0, 0.1) is 6.92 Å². The lowest BCUT2D eigenvalue weighted by Crippen LogP contribution is -2.16. The van der Waals surface area contributed by atoms with Crippen LogP contribution in [0.4, 0.5) is 0 Å². The van der Waals surface area contributed by atoms with Crippen molar-refractivity contribution in [3.63, 3.8) is 0 Å². The first-order valence-corrected chi connectivity index (χ1v) is 10.0. The Bertz CT molecular complexity index is 1110. The minimum Gasteiger partial charge on any atom is -0.465 e. The van der Waals surface area contributed by atoms with Gasteiger partial charge in [-0.2, -0.15) is 9.78 Å². The van der Waals surface area contributed by atoms with E-state index in [1.54, 1.807) is 12.4 Å². The first-order valence-electron chi connectivity index (χ1n) is 10.0. The predicted octanol–water partition coefficient (Wildman–Crippen LogP) is 4.12. The summed E-state index contributed by atoms with van der Waals surface area (Å²) >= 11 is 0. The molecule has 3 aliphatic rings. The molecule has 1 aliphatic carbocycles. The van der Waals surface area contributed by atoms with Gasteiger partial charge >= 0.3 is 5.97 Å². The number of benzene rings is 1. The van der Waals surface area contributed by atoms with Crippen LogP contribution >= 0.6 is 0 Å². The van der Waals surface area contributed by atoms with Crippen molar-refractivity contribution in [2.24, 2.45) is 0 Å². The van der Waals surface area contributed by atoms with Gasteiger partial charge in [-0.05, 0) is 50.7 Å². The van der Waals surface area contributed by atoms with Gasteiger partial charge in [0.05, 0.1) is 18.4 Å². The SMILES string of the molecule is COC(=O)c1cn(CCC2=CCCCC2)cc2c(=O)n(-c3ccccc3C)nc1-2. The fraction of sp³-hybridized carbons (Fsp3) is 0.348. The minimum absolute atomic E-state index is 0.231. The molecule has 0 atom stereocenters. The Morgan fingerprint density at radius 2 is 2.03 bits per heavy atom. The molecule has 0 N–H and O–H groups in total. The number of hydrogen-bond donors (Lipinski definition) is 0. The summed E-state index contributed by atoms with van der Waals surface area (Å²) in [5.74, 6) is -0.490. The summed E-state index contributed by atoms with van der Waals surface area (Å²) in [4.78, 5) is 25.5. The van der Waals surface area contributed by atoms with Gasteiger partial charge in [0.25, 0.3) is 5.56 Å². The predicted molar refractivity (Wildman–Crippen MR) is 112 cm³/mol. The Labute approximate surface area is 169 Å². The van der Waals surface area contributed by atoms with Crippen molar-refractivity contribution < 1.29 is 9.53 Å². The number of carbonyl (C=O) groups is 1. The van der Waals surface area contributed by atoms with Crippen LogP contribution < -0.4 is 5.56 Å². The molecule has 1 aromatic rings. The van der Waals surface area contributed by atoms with Gasteiger partial charge in [0.1, 0.15) is 11.3 Å². The number of carbonyl (C=O) groups excluding carboxylic acids is 1. The number of methoxy groups -OCH3 is 1. The van der Waals surface area contributed by atoms with Gasteiger partial charge in [0.15, 0.2) is 0 Å². The van der Waals surface area contributed by atoms with Gasteiger partial charge in [0, 0.05) is 18.9 Å². The third-order valence-corrected chi connectivity index (χ3v) is 5.55. The molecule has 0 radical (unpaired) electrons. The standard InChI is InChI=1S/C23H25N3O3/c1-16-8-6-7-11-20(16)26-22(27)18-14-25(13-12-17-9-4-3-5-10-17)15-19(21(18)24-26)23(28)29-2/h6-9,11,14-15H,3-5,10,12-13H2,1-2H3. The normalized spacial score (nSPS) is 14.1. The van der Waals surface area contributed by atoms with Gasteiger partial charge in [-0.1, -0.05) is 29.8 Å². The summed E-state index contributed by atoms with van der Waals surface area (Å²) < 4.78 is 8.24. The highest BCUT2D eigenvalue weighted by Gasteiger charge is 2.25. The first-order chi connectivity index (χ1) is 14.1. The fourth-order valence-electron chi connectivity index (χ4n) is 3.92. The number of hydrogen-bond acceptors (Lipinski definition) is 4. The van der Waals surface area contributed by atoms with Crippen molar-refractivity contribution in [2.75, 3.05) is 7.11 Å². The van der Waals surface area contributed by atoms with E-state index in [4.69, 9.17) is 4.74 Å². The molecule has 6 heteroatoms. The molecule has 29 heavy (non-hydrogen) atoms. The molecule has 2 aliphatic heterocycles. The molecule has 0 amide bonds. The highest BCUT2D eigenvalue weighted by Crippen LogP contribution is 2.25. The molecule has 0 saturated heterocycles. The van der Waals surface area contributed by atoms with Crippen LogP contribution in [0.15, 0.2) is 53.1 Å². The van der Waals surface area contributed by atoms with Crippen molar-refractivity contribution in [2.45, 2.75) is 45.6 Å². The van der Waals surface area contributed by atoms with E-state index in [1.807, 2.05) is 35.8 Å². The molecule has 0 saturated carbocycles. The summed E-state index contributed by atoms with van der Waals surface area (Å²) in [6.07, 6.45) is 11.5. The Balaban J connectivity index is 1.79. The topological polar surface area (TPSA) is 66.1 Å². The number of esters is 1. The summed E-state index contributed by atoms with van der Waals surface area (Å²) in [7, 11) is 1.34. The van der Waals surface area contributed by atoms with Crippen LogP contribution in [0.2, 0.25) is 0 Å². The van der Waals surface area contributed by atoms with Crippen LogP contribution in [0.1, 0.15) is 48.0 Å². The number of pyridine rings is 1. The van der Waals surface area contributed by atoms with Gasteiger partial charge in [-0.3, -0.25) is 4.79 Å². The van der Waals surface area contributed by atoms with Gasteiger partial charge < -0.3 is 9.30 Å². The van der Waals surface area contributed by atoms with E-state index in [0.717, 1.165) is 24.8 Å². The molecule has 2 heterocycles. The lowest BCUT2D eigenvalue weighted by atomic mass is 9.97. The van der Waals surface area contributed by atoms with E-state index in [-0.39, 0.29) is 5.56 Å². The van der Waals surface area contributed by atoms with Crippen molar-refractivity contribution in [3.05, 3.63) is 69.8 Å². The van der Waals surface area contributed by atoms with Crippen molar-refractivity contribution in [3.8, 4) is 16.9 Å². The average Bonchev–Trinajstić information content (AvgIpc) is 3.08. The molecule has 0 aromatic heterocycles. The maximum absolute atomic E-state index is 13.1. The molecule has 4 rings (SSSR count). The maximum Gasteiger partial charge on any atom is 0.341 e. The lowest BCUT2D eigenvalue weighted by molar-refractivity contribution is 0.0600. The highest BCUT2D eigenvalue weighted by atomic mass is 16.5. The van der Waals surface area contributed by atoms with E-state index in [0.29, 0.717) is 29.1 Å². The molecule has 1 aromatic carbocycles. The molecule has 0 spiro atoms. The van der Waals surface area contributed by atoms with Crippen molar-refractivity contribution in [1.82, 2.24) is 14.3 Å². The van der Waals surface area contributed by atoms with Gasteiger partial charge in [0.2, 0.25) is 0 Å². The summed E-state index contributed by atoms with van der Waals surface area (Å²) in [6, 6.07) is 7.57. The molecule has 0 unspecified atom stereocenters. The smallest absolute Gasteiger partial charge is 0.341 e. The zero-order valence-corrected chi connectivity index (χ0v) is 16.9. The second-order valence-electron chi connectivity index (χ2n) is 7.53. The number of fused-ring (bicyclic) bond motifs is 1. The van der Waals surface area contributed by atoms with Crippen LogP contribution in [0.25, 0.3) is 16.9 Å². The maximum atomic E-state index is 13.1. The van der Waals surface area contributed by atoms with Crippen LogP contribution in [-0.4, -0.2) is 27.4 Å². The van der Waals surface area contributed by atoms with Crippen LogP contribution in [-0.2, 0) is 11.3 Å². The zero-order valence-electron chi connectivity index (χ0n) is 16.9. The van der Waals surface area contributed by atoms with E-state index in [2.05, 4.69) is 11.2 Å². The monoisotopic (exact) mass is 391 g/mol. The zero-order chi connectivity index (χ0) is 20.4. The Morgan fingerprint density at radius 3 is 2.76 bits per heavy atom. The molecule has 150 valence electrons. The number of allylic oxidation sites excluding steroid dienone is 2. The number of para-hydroxylation sites is 1. The summed E-state index contributed by atoms with van der Waals surface area (Å²) in [6.45, 7) is 2.64. The first kappa shape index (κ1) is 19.2. The molecule has 0 bridgehead atoms. The van der Waals surface area contributed by atoms with Crippen molar-refractivity contribution >= 4 is 5.97 Å². The summed E-state index contributed by atoms with van der Waals surface area (Å²) in [5.41, 5.74) is 3.98. The second-order valence-corrected chi connectivity index (χ2v) is 7.53. The molecule has 6 nitrogen and oxygen atoms in total. The number of rotatable bonds is 5. The third kappa shape index (κ3) is 3.75. The molecule has 0 fully saturated rings. The Morgan fingerprint density at radius 1 is 1.21 bits per heavy atom. The van der Waals surface area contributed by atoms with Gasteiger partial charge in [-0.25, -0.2) is 4.79 Å². The average molecular weight is 391 g/mol. The van der Waals surface area contributed by atoms with E-state index >= 15 is 0 Å². The van der Waals surface area contributed by atoms with E-state index in [1.165, 1.54) is 30.2 Å². The molecular formula is C23H25N3O3. The third-order valence-electron chi connectivity index (χ3n) is 5.55. The number of aromatic nitrogens is 3. The summed E-state index contributed by atoms with van der Waals surface area (Å²) in [5, 5.41) is 4.48. The minimum atomic E-state index is -0.490. The lowest BCUT2D eigenvalue weighted by Gasteiger charge is -2.15. The Hall–Kier alpha value is -3.15. The number of nitrogens with zero attached hydrogens (tertiary/aromatic N) is 3. The van der Waals surface area contributed by atoms with E-state index < -0.39 is 5.97 Å². The molecular weight excluding hydrogens is 366 g/mol. The number of aryl methyl sites for hydroxylation is 2. The van der Waals surface area contributed by atoms with Crippen molar-refractivity contribution in [1.29, 1.82) is 0 Å². The number of ether oxygens (including phenoxy) is 1. The second kappa shape index (κ2) is 8.07. The Kier molecular flexibility index (Phi) is 5.34. The van der Waals surface area contributed by atoms with Crippen LogP contribution in [0.3, 0.4) is 0 Å². The van der Waals surface area contributed by atoms with E-state index in [9.17, 15) is 9.59 Å². The largest absolute Gasteiger partial charge is 0.465 e. The van der Waals surface area contributed by atoms with Gasteiger partial charge in [-0.15, -0.1) is 0 Å². The highest BCUT2D eigenvalue weighted by molar-refractivity contribution is 5.96. The van der Waals surface area contributed by atoms with Crippen LogP contribution in [0.5, 0.6) is 0 Å². The quantitative estimate of drug-likeness (QED) is 0.485.